The van der Waals surface area contributed by atoms with Crippen molar-refractivity contribution in [2.75, 3.05) is 44.6 Å². The maximum Gasteiger partial charge on any atom is 0.193 e. The molecule has 0 bridgehead atoms. The minimum Gasteiger partial charge on any atom is -0.497 e. The molecule has 1 atom stereocenters. The van der Waals surface area contributed by atoms with Crippen molar-refractivity contribution in [3.63, 3.8) is 0 Å². The van der Waals surface area contributed by atoms with Crippen molar-refractivity contribution in [2.24, 2.45) is 10.7 Å². The lowest BCUT2D eigenvalue weighted by Gasteiger charge is -2.34. The van der Waals surface area contributed by atoms with Crippen LogP contribution in [0.5, 0.6) is 5.75 Å². The number of anilines is 1. The highest BCUT2D eigenvalue weighted by Crippen LogP contribution is 2.32. The van der Waals surface area contributed by atoms with Crippen LogP contribution in [0.4, 0.5) is 5.69 Å². The van der Waals surface area contributed by atoms with Crippen LogP contribution in [0.3, 0.4) is 0 Å². The zero-order chi connectivity index (χ0) is 15.3. The molecule has 7 heteroatoms. The molecule has 3 N–H and O–H groups in total. The van der Waals surface area contributed by atoms with Crippen LogP contribution in [0.15, 0.2) is 29.3 Å². The van der Waals surface area contributed by atoms with Crippen LogP contribution in [0.1, 0.15) is 6.42 Å². The fourth-order valence-corrected chi connectivity index (χ4v) is 3.88. The SMILES string of the molecule is COc1cccc(NC(N)=NCC2(N(C)C)CCSC2)c1.I. The van der Waals surface area contributed by atoms with Crippen LogP contribution in [0, 0.1) is 0 Å². The molecule has 0 radical (unpaired) electrons. The number of hydrogen-bond acceptors (Lipinski definition) is 4. The number of nitrogens with two attached hydrogens (primary N) is 1. The van der Waals surface area contributed by atoms with Crippen molar-refractivity contribution in [1.82, 2.24) is 4.90 Å². The van der Waals surface area contributed by atoms with Crippen molar-refractivity contribution in [3.05, 3.63) is 24.3 Å². The Bertz CT molecular complexity index is 504. The average Bonchev–Trinajstić information content (AvgIpc) is 2.95. The van der Waals surface area contributed by atoms with Crippen LogP contribution >= 0.6 is 35.7 Å². The van der Waals surface area contributed by atoms with Gasteiger partial charge in [-0.05, 0) is 38.4 Å². The summed E-state index contributed by atoms with van der Waals surface area (Å²) in [7, 11) is 5.88. The Kier molecular flexibility index (Phi) is 7.78. The molecule has 1 aromatic rings. The molecule has 0 aliphatic carbocycles. The molecule has 1 aliphatic heterocycles. The summed E-state index contributed by atoms with van der Waals surface area (Å²) in [6.45, 7) is 0.718. The molecule has 1 aromatic carbocycles. The van der Waals surface area contributed by atoms with Crippen molar-refractivity contribution in [1.29, 1.82) is 0 Å². The lowest BCUT2D eigenvalue weighted by molar-refractivity contribution is 0.190. The molecule has 1 unspecified atom stereocenters. The van der Waals surface area contributed by atoms with E-state index in [9.17, 15) is 0 Å². The van der Waals surface area contributed by atoms with Gasteiger partial charge in [-0.2, -0.15) is 11.8 Å². The van der Waals surface area contributed by atoms with Crippen molar-refractivity contribution in [3.8, 4) is 5.75 Å². The first-order valence-electron chi connectivity index (χ1n) is 7.02. The van der Waals surface area contributed by atoms with Crippen LogP contribution in [0.25, 0.3) is 0 Å². The molecule has 2 rings (SSSR count). The van der Waals surface area contributed by atoms with Crippen LogP contribution < -0.4 is 15.8 Å². The Balaban J connectivity index is 0.00000242. The highest BCUT2D eigenvalue weighted by molar-refractivity contribution is 14.0. The maximum atomic E-state index is 6.01. The van der Waals surface area contributed by atoms with E-state index in [1.165, 1.54) is 5.75 Å². The van der Waals surface area contributed by atoms with Gasteiger partial charge in [0.05, 0.1) is 13.7 Å². The van der Waals surface area contributed by atoms with E-state index in [0.29, 0.717) is 5.96 Å². The quantitative estimate of drug-likeness (QED) is 0.422. The van der Waals surface area contributed by atoms with E-state index in [1.54, 1.807) is 7.11 Å². The number of hydrogen-bond donors (Lipinski definition) is 2. The number of likely N-dealkylation sites (N-methyl/N-ethyl adjacent to an activating group) is 1. The summed E-state index contributed by atoms with van der Waals surface area (Å²) >= 11 is 1.98. The third-order valence-electron chi connectivity index (χ3n) is 3.92. The molecule has 1 fully saturated rings. The Morgan fingerprint density at radius 2 is 2.27 bits per heavy atom. The summed E-state index contributed by atoms with van der Waals surface area (Å²) in [5.74, 6) is 3.54. The van der Waals surface area contributed by atoms with Gasteiger partial charge in [0.25, 0.3) is 0 Å². The number of methoxy groups -OCH3 is 1. The maximum absolute atomic E-state index is 6.01. The average molecular weight is 436 g/mol. The molecule has 0 amide bonds. The second-order valence-electron chi connectivity index (χ2n) is 5.48. The highest BCUT2D eigenvalue weighted by Gasteiger charge is 2.36. The number of nitrogens with zero attached hydrogens (tertiary/aromatic N) is 2. The van der Waals surface area contributed by atoms with E-state index in [-0.39, 0.29) is 29.5 Å². The number of benzene rings is 1. The van der Waals surface area contributed by atoms with Gasteiger partial charge in [0.1, 0.15) is 5.75 Å². The van der Waals surface area contributed by atoms with Gasteiger partial charge >= 0.3 is 0 Å². The monoisotopic (exact) mass is 436 g/mol. The summed E-state index contributed by atoms with van der Waals surface area (Å²) in [5.41, 5.74) is 7.02. The van der Waals surface area contributed by atoms with Crippen molar-refractivity contribution >= 4 is 47.4 Å². The second-order valence-corrected chi connectivity index (χ2v) is 6.58. The smallest absolute Gasteiger partial charge is 0.193 e. The van der Waals surface area contributed by atoms with E-state index >= 15 is 0 Å². The number of rotatable bonds is 5. The normalized spacial score (nSPS) is 21.5. The first-order chi connectivity index (χ1) is 10.1. The van der Waals surface area contributed by atoms with Crippen molar-refractivity contribution < 1.29 is 4.74 Å². The summed E-state index contributed by atoms with van der Waals surface area (Å²) in [4.78, 5) is 6.81. The van der Waals surface area contributed by atoms with Crippen LogP contribution in [-0.2, 0) is 0 Å². The van der Waals surface area contributed by atoms with Gasteiger partial charge in [0.2, 0.25) is 0 Å². The number of guanidine groups is 1. The van der Waals surface area contributed by atoms with Gasteiger partial charge in [0, 0.05) is 23.0 Å². The molecule has 1 aliphatic rings. The minimum absolute atomic E-state index is 0. The standard InChI is InChI=1S/C15H24N4OS.HI/c1-19(2)15(7-8-21-11-15)10-17-14(16)18-12-5-4-6-13(9-12)20-3;/h4-6,9H,7-8,10-11H2,1-3H3,(H3,16,17,18);1H. The van der Waals surface area contributed by atoms with E-state index in [2.05, 4.69) is 29.3 Å². The first-order valence-corrected chi connectivity index (χ1v) is 8.17. The molecule has 0 saturated carbocycles. The molecular weight excluding hydrogens is 411 g/mol. The highest BCUT2D eigenvalue weighted by atomic mass is 127. The number of nitrogens with one attached hydrogen (secondary N) is 1. The Morgan fingerprint density at radius 3 is 2.86 bits per heavy atom. The lowest BCUT2D eigenvalue weighted by atomic mass is 9.98. The summed E-state index contributed by atoms with van der Waals surface area (Å²) in [6.07, 6.45) is 1.15. The third kappa shape index (κ3) is 4.92. The topological polar surface area (TPSA) is 62.9 Å². The van der Waals surface area contributed by atoms with E-state index < -0.39 is 0 Å². The molecular formula is C15H25IN4OS. The summed E-state index contributed by atoms with van der Waals surface area (Å²) in [5, 5.41) is 3.12. The largest absolute Gasteiger partial charge is 0.497 e. The fraction of sp³-hybridized carbons (Fsp3) is 0.533. The molecule has 0 spiro atoms. The predicted molar refractivity (Wildman–Crippen MR) is 107 cm³/mol. The van der Waals surface area contributed by atoms with E-state index in [1.807, 2.05) is 36.0 Å². The Labute approximate surface area is 154 Å². The minimum atomic E-state index is 0. The number of halogens is 1. The number of thioether (sulfide) groups is 1. The lowest BCUT2D eigenvalue weighted by Crippen LogP contribution is -2.47. The zero-order valence-electron chi connectivity index (χ0n) is 13.3. The molecule has 124 valence electrons. The van der Waals surface area contributed by atoms with Crippen LogP contribution in [-0.4, -0.2) is 55.7 Å². The van der Waals surface area contributed by atoms with E-state index in [0.717, 1.165) is 30.2 Å². The summed E-state index contributed by atoms with van der Waals surface area (Å²) < 4.78 is 5.20. The van der Waals surface area contributed by atoms with Gasteiger partial charge in [-0.3, -0.25) is 4.99 Å². The van der Waals surface area contributed by atoms with Gasteiger partial charge in [0.15, 0.2) is 5.96 Å². The molecule has 1 heterocycles. The van der Waals surface area contributed by atoms with Gasteiger partial charge in [-0.25, -0.2) is 0 Å². The summed E-state index contributed by atoms with van der Waals surface area (Å²) in [6, 6.07) is 7.66. The third-order valence-corrected chi connectivity index (χ3v) is 5.15. The Hall–Kier alpha value is -0.670. The number of aliphatic imine (C=N–C) groups is 1. The van der Waals surface area contributed by atoms with Crippen molar-refractivity contribution in [2.45, 2.75) is 12.0 Å². The fourth-order valence-electron chi connectivity index (χ4n) is 2.34. The van der Waals surface area contributed by atoms with Gasteiger partial charge in [-0.1, -0.05) is 6.07 Å². The number of ether oxygens (including phenoxy) is 1. The first kappa shape index (κ1) is 19.4. The molecule has 0 aromatic heterocycles. The molecule has 5 nitrogen and oxygen atoms in total. The van der Waals surface area contributed by atoms with E-state index in [4.69, 9.17) is 10.5 Å². The molecule has 22 heavy (non-hydrogen) atoms. The van der Waals surface area contributed by atoms with Crippen LogP contribution in [0.2, 0.25) is 0 Å². The van der Waals surface area contributed by atoms with Gasteiger partial charge in [-0.15, -0.1) is 24.0 Å². The molecule has 1 saturated heterocycles. The zero-order valence-corrected chi connectivity index (χ0v) is 16.5. The second kappa shape index (κ2) is 8.83. The Morgan fingerprint density at radius 1 is 1.50 bits per heavy atom. The predicted octanol–water partition coefficient (Wildman–Crippen LogP) is 2.48. The van der Waals surface area contributed by atoms with Gasteiger partial charge < -0.3 is 20.7 Å².